The van der Waals surface area contributed by atoms with Gasteiger partial charge in [0.25, 0.3) is 5.56 Å². The largest absolute Gasteiger partial charge is 0.508 e. The Morgan fingerprint density at radius 3 is 2.68 bits per heavy atom. The van der Waals surface area contributed by atoms with E-state index in [1.807, 2.05) is 0 Å². The van der Waals surface area contributed by atoms with Crippen LogP contribution >= 0.6 is 0 Å². The van der Waals surface area contributed by atoms with Gasteiger partial charge in [0.05, 0.1) is 5.69 Å². The molecule has 0 fully saturated rings. The third-order valence-corrected chi connectivity index (χ3v) is 3.44. The normalized spacial score (nSPS) is 10.4. The highest BCUT2D eigenvalue weighted by Crippen LogP contribution is 2.19. The average Bonchev–Trinajstić information content (AvgIpc) is 2.57. The molecule has 3 rings (SSSR count). The molecule has 126 valence electrons. The summed E-state index contributed by atoms with van der Waals surface area (Å²) in [5.41, 5.74) is 0.405. The van der Waals surface area contributed by atoms with Gasteiger partial charge in [0.15, 0.2) is 0 Å². The number of hydrogen-bond donors (Lipinski definition) is 2. The molecule has 7 heteroatoms. The minimum atomic E-state index is -0.495. The molecule has 0 aliphatic heterocycles. The molecule has 0 unspecified atom stereocenters. The van der Waals surface area contributed by atoms with Crippen molar-refractivity contribution in [2.24, 2.45) is 0 Å². The van der Waals surface area contributed by atoms with Crippen LogP contribution in [0.1, 0.15) is 0 Å². The first-order valence-corrected chi connectivity index (χ1v) is 7.45. The molecule has 1 amide bonds. The van der Waals surface area contributed by atoms with Gasteiger partial charge in [0.2, 0.25) is 5.91 Å². The van der Waals surface area contributed by atoms with E-state index in [1.54, 1.807) is 30.3 Å². The van der Waals surface area contributed by atoms with Crippen LogP contribution in [0, 0.1) is 5.82 Å². The summed E-state index contributed by atoms with van der Waals surface area (Å²) in [7, 11) is 0. The Bertz CT molecular complexity index is 985. The number of anilines is 1. The number of halogens is 1. The van der Waals surface area contributed by atoms with Crippen LogP contribution in [0.15, 0.2) is 65.5 Å². The van der Waals surface area contributed by atoms with Crippen molar-refractivity contribution < 1.29 is 14.3 Å². The summed E-state index contributed by atoms with van der Waals surface area (Å²) in [5, 5.41) is 16.0. The van der Waals surface area contributed by atoms with Gasteiger partial charge in [-0.15, -0.1) is 0 Å². The Hall–Kier alpha value is -3.48. The predicted octanol–water partition coefficient (Wildman–Crippen LogP) is 2.39. The molecule has 2 N–H and O–H groups in total. The maximum Gasteiger partial charge on any atom is 0.267 e. The number of aromatic nitrogens is 2. The summed E-state index contributed by atoms with van der Waals surface area (Å²) in [6.07, 6.45) is 0. The SMILES string of the molecule is O=C(Cn1nc(-c2ccccc2F)ccc1=O)Nc1cccc(O)c1. The zero-order valence-corrected chi connectivity index (χ0v) is 13.0. The number of nitrogens with zero attached hydrogens (tertiary/aromatic N) is 2. The maximum absolute atomic E-state index is 13.9. The number of nitrogens with one attached hydrogen (secondary N) is 1. The Labute approximate surface area is 142 Å². The Morgan fingerprint density at radius 2 is 1.92 bits per heavy atom. The predicted molar refractivity (Wildman–Crippen MR) is 90.6 cm³/mol. The third kappa shape index (κ3) is 3.89. The first-order chi connectivity index (χ1) is 12.0. The second-order valence-corrected chi connectivity index (χ2v) is 5.29. The van der Waals surface area contributed by atoms with Crippen LogP contribution in [-0.4, -0.2) is 20.8 Å². The number of rotatable bonds is 4. The number of hydrogen-bond acceptors (Lipinski definition) is 4. The summed E-state index contributed by atoms with van der Waals surface area (Å²) < 4.78 is 14.8. The van der Waals surface area contributed by atoms with Gasteiger partial charge in [-0.2, -0.15) is 5.10 Å². The van der Waals surface area contributed by atoms with Crippen LogP contribution < -0.4 is 10.9 Å². The number of amides is 1. The molecule has 0 bridgehead atoms. The van der Waals surface area contributed by atoms with Gasteiger partial charge in [-0.1, -0.05) is 18.2 Å². The van der Waals surface area contributed by atoms with Gasteiger partial charge >= 0.3 is 0 Å². The Morgan fingerprint density at radius 1 is 1.12 bits per heavy atom. The molecule has 0 radical (unpaired) electrons. The van der Waals surface area contributed by atoms with E-state index in [4.69, 9.17) is 0 Å². The van der Waals surface area contributed by atoms with Gasteiger partial charge in [-0.05, 0) is 30.3 Å². The van der Waals surface area contributed by atoms with Gasteiger partial charge in [0, 0.05) is 23.4 Å². The number of carbonyl (C=O) groups is 1. The van der Waals surface area contributed by atoms with Crippen LogP contribution in [0.5, 0.6) is 5.75 Å². The molecule has 3 aromatic rings. The van der Waals surface area contributed by atoms with E-state index in [-0.39, 0.29) is 23.6 Å². The highest BCUT2D eigenvalue weighted by molar-refractivity contribution is 5.90. The lowest BCUT2D eigenvalue weighted by atomic mass is 10.1. The first-order valence-electron chi connectivity index (χ1n) is 7.45. The summed E-state index contributed by atoms with van der Waals surface area (Å²) in [4.78, 5) is 24.0. The standard InChI is InChI=1S/C18H14FN3O3/c19-15-7-2-1-6-14(15)16-8-9-18(25)22(21-16)11-17(24)20-12-4-3-5-13(23)10-12/h1-10,23H,11H2,(H,20,24). The highest BCUT2D eigenvalue weighted by Gasteiger charge is 2.11. The smallest absolute Gasteiger partial charge is 0.267 e. The zero-order valence-electron chi connectivity index (χ0n) is 13.0. The van der Waals surface area contributed by atoms with Crippen molar-refractivity contribution in [3.63, 3.8) is 0 Å². The first kappa shape index (κ1) is 16.4. The van der Waals surface area contributed by atoms with E-state index in [0.717, 1.165) is 4.68 Å². The van der Waals surface area contributed by atoms with Crippen LogP contribution in [0.3, 0.4) is 0 Å². The molecule has 6 nitrogen and oxygen atoms in total. The minimum absolute atomic E-state index is 0.00893. The number of benzene rings is 2. The van der Waals surface area contributed by atoms with E-state index in [0.29, 0.717) is 5.69 Å². The molecule has 0 spiro atoms. The van der Waals surface area contributed by atoms with E-state index in [2.05, 4.69) is 10.4 Å². The van der Waals surface area contributed by atoms with Crippen molar-refractivity contribution in [2.75, 3.05) is 5.32 Å². The molecule has 0 aliphatic carbocycles. The van der Waals surface area contributed by atoms with Gasteiger partial charge < -0.3 is 10.4 Å². The van der Waals surface area contributed by atoms with Crippen molar-refractivity contribution in [1.29, 1.82) is 0 Å². The van der Waals surface area contributed by atoms with Crippen LogP contribution in [0.4, 0.5) is 10.1 Å². The van der Waals surface area contributed by atoms with Gasteiger partial charge in [-0.25, -0.2) is 9.07 Å². The number of carbonyl (C=O) groups excluding carboxylic acids is 1. The van der Waals surface area contributed by atoms with Crippen LogP contribution in [-0.2, 0) is 11.3 Å². The van der Waals surface area contributed by atoms with Crippen molar-refractivity contribution in [3.05, 3.63) is 76.8 Å². The topological polar surface area (TPSA) is 84.2 Å². The molecule has 0 atom stereocenters. The monoisotopic (exact) mass is 339 g/mol. The number of phenols is 1. The van der Waals surface area contributed by atoms with E-state index in [9.17, 15) is 19.1 Å². The minimum Gasteiger partial charge on any atom is -0.508 e. The highest BCUT2D eigenvalue weighted by atomic mass is 19.1. The van der Waals surface area contributed by atoms with E-state index < -0.39 is 17.3 Å². The fraction of sp³-hybridized carbons (Fsp3) is 0.0556. The lowest BCUT2D eigenvalue weighted by Crippen LogP contribution is -2.29. The summed E-state index contributed by atoms with van der Waals surface area (Å²) >= 11 is 0. The fourth-order valence-electron chi connectivity index (χ4n) is 2.29. The van der Waals surface area contributed by atoms with E-state index in [1.165, 1.54) is 30.3 Å². The second kappa shape index (κ2) is 6.96. The molecule has 0 saturated carbocycles. The van der Waals surface area contributed by atoms with Crippen molar-refractivity contribution in [3.8, 4) is 17.0 Å². The zero-order chi connectivity index (χ0) is 17.8. The number of aromatic hydroxyl groups is 1. The quantitative estimate of drug-likeness (QED) is 0.764. The summed E-state index contributed by atoms with van der Waals surface area (Å²) in [6, 6.07) is 14.7. The number of phenolic OH excluding ortho intramolecular Hbond substituents is 1. The lowest BCUT2D eigenvalue weighted by molar-refractivity contribution is -0.117. The second-order valence-electron chi connectivity index (χ2n) is 5.29. The van der Waals surface area contributed by atoms with E-state index >= 15 is 0 Å². The average molecular weight is 339 g/mol. The Balaban J connectivity index is 1.83. The third-order valence-electron chi connectivity index (χ3n) is 3.44. The molecule has 1 heterocycles. The Kier molecular flexibility index (Phi) is 4.56. The van der Waals surface area contributed by atoms with Crippen molar-refractivity contribution >= 4 is 11.6 Å². The molecule has 0 saturated heterocycles. The van der Waals surface area contributed by atoms with Gasteiger partial charge in [0.1, 0.15) is 18.1 Å². The molecule has 0 aliphatic rings. The maximum atomic E-state index is 13.9. The molecule has 1 aromatic heterocycles. The molecular formula is C18H14FN3O3. The molecular weight excluding hydrogens is 325 g/mol. The van der Waals surface area contributed by atoms with Crippen molar-refractivity contribution in [2.45, 2.75) is 6.54 Å². The van der Waals surface area contributed by atoms with Crippen molar-refractivity contribution in [1.82, 2.24) is 9.78 Å². The van der Waals surface area contributed by atoms with Crippen LogP contribution in [0.2, 0.25) is 0 Å². The van der Waals surface area contributed by atoms with Gasteiger partial charge in [-0.3, -0.25) is 9.59 Å². The van der Waals surface area contributed by atoms with Crippen LogP contribution in [0.25, 0.3) is 11.3 Å². The fourth-order valence-corrected chi connectivity index (χ4v) is 2.29. The lowest BCUT2D eigenvalue weighted by Gasteiger charge is -2.09. The summed E-state index contributed by atoms with van der Waals surface area (Å²) in [6.45, 7) is -0.337. The summed E-state index contributed by atoms with van der Waals surface area (Å²) in [5.74, 6) is -0.954. The molecule has 2 aromatic carbocycles. The molecule has 25 heavy (non-hydrogen) atoms.